The van der Waals surface area contributed by atoms with Gasteiger partial charge >= 0.3 is 0 Å². The van der Waals surface area contributed by atoms with Crippen LogP contribution in [0.1, 0.15) is 20.3 Å². The van der Waals surface area contributed by atoms with Crippen molar-refractivity contribution in [3.05, 3.63) is 29.8 Å². The number of sulfonamides is 1. The molecule has 0 aliphatic carbocycles. The second kappa shape index (κ2) is 6.16. The molecule has 2 rings (SSSR count). The van der Waals surface area contributed by atoms with Gasteiger partial charge in [-0.2, -0.15) is 4.31 Å². The Bertz CT molecular complexity index is 623. The zero-order valence-electron chi connectivity index (χ0n) is 11.8. The van der Waals surface area contributed by atoms with E-state index in [2.05, 4.69) is 0 Å². The Morgan fingerprint density at radius 2 is 1.95 bits per heavy atom. The Morgan fingerprint density at radius 3 is 2.52 bits per heavy atom. The van der Waals surface area contributed by atoms with Crippen LogP contribution < -0.4 is 5.73 Å². The Balaban J connectivity index is 0.00000220. The lowest BCUT2D eigenvalue weighted by molar-refractivity contribution is 0.155. The molecule has 1 saturated heterocycles. The molecule has 0 bridgehead atoms. The molecule has 120 valence electrons. The summed E-state index contributed by atoms with van der Waals surface area (Å²) >= 11 is 0. The van der Waals surface area contributed by atoms with Gasteiger partial charge in [-0.1, -0.05) is 13.8 Å². The van der Waals surface area contributed by atoms with E-state index in [4.69, 9.17) is 5.73 Å². The molecule has 8 heteroatoms. The van der Waals surface area contributed by atoms with Crippen molar-refractivity contribution in [2.75, 3.05) is 13.1 Å². The van der Waals surface area contributed by atoms with Gasteiger partial charge in [0.15, 0.2) is 0 Å². The molecular formula is C13H19ClF2N2O2S. The summed E-state index contributed by atoms with van der Waals surface area (Å²) in [4.78, 5) is -0.622. The van der Waals surface area contributed by atoms with Crippen molar-refractivity contribution < 1.29 is 17.2 Å². The highest BCUT2D eigenvalue weighted by Crippen LogP contribution is 2.32. The highest BCUT2D eigenvalue weighted by molar-refractivity contribution is 7.89. The van der Waals surface area contributed by atoms with Gasteiger partial charge < -0.3 is 5.73 Å². The zero-order chi connectivity index (χ0) is 15.1. The van der Waals surface area contributed by atoms with Crippen molar-refractivity contribution in [2.24, 2.45) is 11.1 Å². The number of benzene rings is 1. The third-order valence-corrected chi connectivity index (χ3v) is 5.65. The fourth-order valence-corrected chi connectivity index (χ4v) is 4.05. The van der Waals surface area contributed by atoms with Crippen molar-refractivity contribution in [1.29, 1.82) is 0 Å². The molecule has 1 unspecified atom stereocenters. The maximum atomic E-state index is 13.7. The normalized spacial score (nSPS) is 22.6. The van der Waals surface area contributed by atoms with E-state index in [1.807, 2.05) is 13.8 Å². The second-order valence-electron chi connectivity index (χ2n) is 5.80. The number of rotatable bonds is 2. The van der Waals surface area contributed by atoms with Crippen LogP contribution in [0.15, 0.2) is 23.1 Å². The van der Waals surface area contributed by atoms with Crippen LogP contribution in [0, 0.1) is 17.0 Å². The molecule has 1 atom stereocenters. The first-order chi connectivity index (χ1) is 9.14. The lowest BCUT2D eigenvalue weighted by Crippen LogP contribution is -2.53. The van der Waals surface area contributed by atoms with Crippen LogP contribution >= 0.6 is 12.4 Å². The molecule has 21 heavy (non-hydrogen) atoms. The van der Waals surface area contributed by atoms with E-state index in [9.17, 15) is 17.2 Å². The minimum absolute atomic E-state index is 0. The van der Waals surface area contributed by atoms with E-state index in [1.54, 1.807) is 0 Å². The maximum absolute atomic E-state index is 13.7. The maximum Gasteiger partial charge on any atom is 0.246 e. The van der Waals surface area contributed by atoms with Gasteiger partial charge in [0, 0.05) is 19.1 Å². The van der Waals surface area contributed by atoms with Gasteiger partial charge in [-0.15, -0.1) is 12.4 Å². The van der Waals surface area contributed by atoms with Crippen LogP contribution in [-0.2, 0) is 10.0 Å². The summed E-state index contributed by atoms with van der Waals surface area (Å²) in [7, 11) is -4.05. The first kappa shape index (κ1) is 18.3. The SMILES string of the molecule is CC1(C)CN(S(=O)(=O)c2cc(F)ccc2F)CCC1N.Cl. The molecule has 0 radical (unpaired) electrons. The van der Waals surface area contributed by atoms with Crippen LogP contribution in [-0.4, -0.2) is 31.9 Å². The summed E-state index contributed by atoms with van der Waals surface area (Å²) in [5, 5.41) is 0. The van der Waals surface area contributed by atoms with Crippen LogP contribution in [0.2, 0.25) is 0 Å². The van der Waals surface area contributed by atoms with Gasteiger partial charge in [-0.3, -0.25) is 0 Å². The predicted octanol–water partition coefficient (Wildman–Crippen LogP) is 2.13. The van der Waals surface area contributed by atoms with Gasteiger partial charge in [-0.25, -0.2) is 17.2 Å². The molecule has 0 saturated carbocycles. The molecule has 4 nitrogen and oxygen atoms in total. The highest BCUT2D eigenvalue weighted by atomic mass is 35.5. The average molecular weight is 341 g/mol. The molecule has 1 aromatic rings. The van der Waals surface area contributed by atoms with Crippen molar-refractivity contribution in [2.45, 2.75) is 31.2 Å². The predicted molar refractivity (Wildman–Crippen MR) is 78.7 cm³/mol. The standard InChI is InChI=1S/C13H18F2N2O2S.ClH/c1-13(2)8-17(6-5-12(13)16)20(18,19)11-7-9(14)3-4-10(11)15;/h3-4,7,12H,5-6,8,16H2,1-2H3;1H. The first-order valence-corrected chi connectivity index (χ1v) is 7.79. The van der Waals surface area contributed by atoms with E-state index in [-0.39, 0.29) is 31.5 Å². The first-order valence-electron chi connectivity index (χ1n) is 6.35. The minimum Gasteiger partial charge on any atom is -0.327 e. The third kappa shape index (κ3) is 3.53. The lowest BCUT2D eigenvalue weighted by Gasteiger charge is -2.41. The summed E-state index contributed by atoms with van der Waals surface area (Å²) in [6.45, 7) is 4.12. The van der Waals surface area contributed by atoms with Crippen LogP contribution in [0.5, 0.6) is 0 Å². The van der Waals surface area contributed by atoms with E-state index in [1.165, 1.54) is 4.31 Å². The van der Waals surface area contributed by atoms with Crippen LogP contribution in [0.4, 0.5) is 8.78 Å². The number of halogens is 3. The quantitative estimate of drug-likeness (QED) is 0.897. The smallest absolute Gasteiger partial charge is 0.246 e. The molecule has 1 aliphatic rings. The summed E-state index contributed by atoms with van der Waals surface area (Å²) < 4.78 is 52.9. The number of nitrogens with two attached hydrogens (primary N) is 1. The summed E-state index contributed by atoms with van der Waals surface area (Å²) in [5.74, 6) is -1.72. The zero-order valence-corrected chi connectivity index (χ0v) is 13.5. The summed E-state index contributed by atoms with van der Waals surface area (Å²) in [6, 6.07) is 2.31. The third-order valence-electron chi connectivity index (χ3n) is 3.79. The van der Waals surface area contributed by atoms with E-state index < -0.39 is 32.0 Å². The topological polar surface area (TPSA) is 63.4 Å². The Hall–Kier alpha value is -0.760. The van der Waals surface area contributed by atoms with Crippen LogP contribution in [0.3, 0.4) is 0 Å². The number of hydrogen-bond acceptors (Lipinski definition) is 3. The van der Waals surface area contributed by atoms with E-state index in [0.29, 0.717) is 12.5 Å². The van der Waals surface area contributed by atoms with E-state index >= 15 is 0 Å². The number of piperidine rings is 1. The largest absolute Gasteiger partial charge is 0.327 e. The number of nitrogens with zero attached hydrogens (tertiary/aromatic N) is 1. The Morgan fingerprint density at radius 1 is 1.33 bits per heavy atom. The van der Waals surface area contributed by atoms with Gasteiger partial charge in [0.05, 0.1) is 0 Å². The van der Waals surface area contributed by atoms with Gasteiger partial charge in [0.2, 0.25) is 10.0 Å². The van der Waals surface area contributed by atoms with Gasteiger partial charge in [-0.05, 0) is 30.0 Å². The Kier molecular flexibility index (Phi) is 5.36. The fraction of sp³-hybridized carbons (Fsp3) is 0.538. The fourth-order valence-electron chi connectivity index (χ4n) is 2.34. The van der Waals surface area contributed by atoms with Crippen molar-refractivity contribution in [3.63, 3.8) is 0 Å². The molecule has 1 aliphatic heterocycles. The van der Waals surface area contributed by atoms with Crippen LogP contribution in [0.25, 0.3) is 0 Å². The minimum atomic E-state index is -4.05. The Labute approximate surface area is 129 Å². The monoisotopic (exact) mass is 340 g/mol. The van der Waals surface area contributed by atoms with Crippen molar-refractivity contribution in [1.82, 2.24) is 4.31 Å². The number of hydrogen-bond donors (Lipinski definition) is 1. The van der Waals surface area contributed by atoms with Gasteiger partial charge in [0.1, 0.15) is 16.5 Å². The molecule has 1 aromatic carbocycles. The molecule has 1 fully saturated rings. The second-order valence-corrected chi connectivity index (χ2v) is 7.70. The van der Waals surface area contributed by atoms with E-state index in [0.717, 1.165) is 12.1 Å². The van der Waals surface area contributed by atoms with Crippen molar-refractivity contribution in [3.8, 4) is 0 Å². The average Bonchev–Trinajstić information content (AvgIpc) is 2.35. The lowest BCUT2D eigenvalue weighted by atomic mass is 9.81. The molecule has 0 amide bonds. The summed E-state index contributed by atoms with van der Waals surface area (Å²) in [6.07, 6.45) is 0.489. The summed E-state index contributed by atoms with van der Waals surface area (Å²) in [5.41, 5.74) is 5.55. The molecule has 1 heterocycles. The molecular weight excluding hydrogens is 322 g/mol. The van der Waals surface area contributed by atoms with Crippen molar-refractivity contribution >= 4 is 22.4 Å². The molecule has 0 aromatic heterocycles. The highest BCUT2D eigenvalue weighted by Gasteiger charge is 2.39. The molecule has 2 N–H and O–H groups in total. The van der Waals surface area contributed by atoms with Gasteiger partial charge in [0.25, 0.3) is 0 Å². The molecule has 0 spiro atoms.